The quantitative estimate of drug-likeness (QED) is 0.0234. The molecule has 128 heavy (non-hydrogen) atoms. The predicted molar refractivity (Wildman–Crippen MR) is 456 cm³/mol. The molecule has 6 aliphatic heterocycles. The summed E-state index contributed by atoms with van der Waals surface area (Å²) in [7, 11) is 3.48. The zero-order valence-corrected chi connectivity index (χ0v) is 69.7. The van der Waals surface area contributed by atoms with E-state index in [1.807, 2.05) is 12.1 Å². The van der Waals surface area contributed by atoms with Gasteiger partial charge in [-0.1, -0.05) is 24.3 Å². The van der Waals surface area contributed by atoms with Crippen LogP contribution in [0, 0.1) is 45.9 Å². The number of amides is 6. The lowest BCUT2D eigenvalue weighted by atomic mass is 9.78. The minimum atomic E-state index is -4.89. The first-order valence-corrected chi connectivity index (χ1v) is 40.2. The Bertz CT molecular complexity index is 6520. The number of rotatable bonds is 20. The van der Waals surface area contributed by atoms with Gasteiger partial charge >= 0.3 is 12.4 Å². The average Bonchev–Trinajstić information content (AvgIpc) is 1.71. The summed E-state index contributed by atoms with van der Waals surface area (Å²) in [5, 5.41) is 43.8. The lowest BCUT2D eigenvalue weighted by molar-refractivity contribution is -0.138. The number of aryl methyl sites for hydroxylation is 2. The number of Topliss-reactive ketones (excluding diaryl/α,β-unsaturated/α-hetero) is 2. The van der Waals surface area contributed by atoms with E-state index in [-0.39, 0.29) is 112 Å². The highest BCUT2D eigenvalue weighted by atomic mass is 32.1. The van der Waals surface area contributed by atoms with E-state index in [1.165, 1.54) is 111 Å². The number of thiocarbonyl (C=S) groups is 2. The third kappa shape index (κ3) is 16.6. The summed E-state index contributed by atoms with van der Waals surface area (Å²) in [6.45, 7) is 5.52. The highest BCUT2D eigenvalue weighted by Gasteiger charge is 2.54. The van der Waals surface area contributed by atoms with Crippen LogP contribution < -0.4 is 51.5 Å². The van der Waals surface area contributed by atoms with Gasteiger partial charge in [-0.3, -0.25) is 67.5 Å². The highest BCUT2D eigenvalue weighted by molar-refractivity contribution is 7.81. The fourth-order valence-corrected chi connectivity index (χ4v) is 17.4. The molecular formula is C88H70F10N20O8S2. The van der Waals surface area contributed by atoms with Crippen LogP contribution in [0.2, 0.25) is 0 Å². The monoisotopic (exact) mass is 1790 g/mol. The number of hydrogen-bond donors (Lipinski definition) is 6. The van der Waals surface area contributed by atoms with Gasteiger partial charge < -0.3 is 41.7 Å². The molecule has 2 saturated heterocycles. The van der Waals surface area contributed by atoms with E-state index in [0.717, 1.165) is 57.3 Å². The average molecular weight is 1790 g/mol. The number of halogens is 10. The van der Waals surface area contributed by atoms with E-state index in [4.69, 9.17) is 24.4 Å². The second-order valence-corrected chi connectivity index (χ2v) is 32.1. The molecule has 2 aromatic heterocycles. The number of carbonyl (C=O) groups is 8. The van der Waals surface area contributed by atoms with Crippen LogP contribution in [-0.4, -0.2) is 135 Å². The number of ketones is 2. The first-order chi connectivity index (χ1) is 60.8. The number of nitrogens with zero attached hydrogens (tertiary/aromatic N) is 14. The van der Waals surface area contributed by atoms with Gasteiger partial charge in [0.25, 0.3) is 23.6 Å². The fourth-order valence-electron chi connectivity index (χ4n) is 16.3. The smallest absolute Gasteiger partial charge is 0.376 e. The molecule has 10 aromatic rings. The van der Waals surface area contributed by atoms with Crippen LogP contribution in [0.3, 0.4) is 0 Å². The van der Waals surface area contributed by atoms with Crippen molar-refractivity contribution in [3.8, 4) is 12.1 Å². The number of aromatic nitrogens is 6. The Morgan fingerprint density at radius 3 is 1.27 bits per heavy atom. The predicted octanol–water partition coefficient (Wildman–Crippen LogP) is 14.0. The van der Waals surface area contributed by atoms with Gasteiger partial charge in [-0.2, -0.15) is 47.1 Å². The van der Waals surface area contributed by atoms with Gasteiger partial charge in [0.05, 0.1) is 92.2 Å². The van der Waals surface area contributed by atoms with Crippen LogP contribution in [0.25, 0.3) is 0 Å². The number of hydrogen-bond acceptors (Lipinski definition) is 20. The summed E-state index contributed by atoms with van der Waals surface area (Å²) in [5.74, 6) is -7.20. The third-order valence-corrected chi connectivity index (χ3v) is 23.2. The molecule has 6 amide bonds. The van der Waals surface area contributed by atoms with E-state index >= 15 is 8.78 Å². The van der Waals surface area contributed by atoms with E-state index in [2.05, 4.69) is 62.1 Å². The largest absolute Gasteiger partial charge is 0.417 e. The van der Waals surface area contributed by atoms with Gasteiger partial charge in [-0.15, -0.1) is 0 Å². The van der Waals surface area contributed by atoms with Gasteiger partial charge in [0, 0.05) is 96.4 Å². The van der Waals surface area contributed by atoms with Gasteiger partial charge in [0.2, 0.25) is 11.8 Å². The Labute approximate surface area is 731 Å². The van der Waals surface area contributed by atoms with E-state index < -0.39 is 122 Å². The standard InChI is InChI=1S/C45H37F5N10O4S.C43H33F5N10O4S/c1-44(2)42(64)59(27-12-9-24(20-51)31(18-27)45(48,49)50)43(65)60(44)28-13-14-29(32(47)19-28)41(63)52-15-5-4-6-35(62)56-26-10-7-23(8-11-26)38-37(40-54-22-55-58(40)3)39-36-30(34(61)21-53-39)16-25(46)17-33(36)57-38;1-42(2)40(62)57(25-9-6-22(18-49)29(16-25)43(46,47)48)41(63)58(42)26-10-11-27(30(45)17-26)39(61)50-13-12-33(60)54-24-7-4-21(5-8-24)36-35(38-52-20-53-56(38)3)37-34-28(32(59)19-51-37)14-23(44)15-31(34)55-36/h7-14,16-19,22,37-38,57H,4-6,15,21H2,1-3H3,(H,52,63)(H,56,62);4-11,14-17,20,35-36,55H,12-13,19H2,1-3H3,(H,50,61)(H,54,60)/t37?,38-;35?,36-/m11/s1. The van der Waals surface area contributed by atoms with Crippen molar-refractivity contribution in [1.29, 1.82) is 10.5 Å². The summed E-state index contributed by atoms with van der Waals surface area (Å²) < 4.78 is 146. The molecule has 16 rings (SSSR count). The van der Waals surface area contributed by atoms with Crippen molar-refractivity contribution in [2.24, 2.45) is 24.1 Å². The molecule has 28 nitrogen and oxygen atoms in total. The molecular weight excluding hydrogens is 1720 g/mol. The first-order valence-electron chi connectivity index (χ1n) is 39.4. The summed E-state index contributed by atoms with van der Waals surface area (Å²) in [4.78, 5) is 127. The van der Waals surface area contributed by atoms with E-state index in [9.17, 15) is 84.0 Å². The zero-order valence-electron chi connectivity index (χ0n) is 68.1. The van der Waals surface area contributed by atoms with Crippen molar-refractivity contribution < 1.29 is 82.3 Å². The van der Waals surface area contributed by atoms with Gasteiger partial charge in [0.1, 0.15) is 71.7 Å². The topological polar surface area (TPSA) is 355 Å². The Kier molecular flexibility index (Phi) is 23.6. The number of aliphatic imine (C=N–C) groups is 2. The second kappa shape index (κ2) is 34.3. The van der Waals surface area contributed by atoms with Crippen LogP contribution in [0.1, 0.15) is 175 Å². The molecule has 6 N–H and O–H groups in total. The molecule has 2 fully saturated rings. The van der Waals surface area contributed by atoms with Crippen molar-refractivity contribution in [2.75, 3.05) is 67.0 Å². The maximum Gasteiger partial charge on any atom is 0.417 e. The summed E-state index contributed by atoms with van der Waals surface area (Å²) in [6, 6.07) is 33.6. The molecule has 652 valence electrons. The molecule has 8 heterocycles. The Balaban J connectivity index is 0.000000197. The van der Waals surface area contributed by atoms with Crippen molar-refractivity contribution in [3.05, 3.63) is 260 Å². The van der Waals surface area contributed by atoms with Crippen molar-refractivity contribution in [2.45, 2.75) is 101 Å². The molecule has 6 aliphatic rings. The molecule has 40 heteroatoms. The molecule has 0 spiro atoms. The van der Waals surface area contributed by atoms with Crippen LogP contribution in [0.4, 0.5) is 89.4 Å². The number of carbonyl (C=O) groups excluding carboxylic acids is 8. The van der Waals surface area contributed by atoms with Crippen LogP contribution in [0.5, 0.6) is 0 Å². The van der Waals surface area contributed by atoms with Crippen LogP contribution in [0.15, 0.2) is 168 Å². The molecule has 0 saturated carbocycles. The lowest BCUT2D eigenvalue weighted by Crippen LogP contribution is -2.44. The van der Waals surface area contributed by atoms with Crippen molar-refractivity contribution in [3.63, 3.8) is 0 Å². The van der Waals surface area contributed by atoms with Gasteiger partial charge in [-0.05, 0) is 197 Å². The van der Waals surface area contributed by atoms with E-state index in [1.54, 1.807) is 59.9 Å². The Morgan fingerprint density at radius 2 is 0.898 bits per heavy atom. The van der Waals surface area contributed by atoms with Crippen LogP contribution >= 0.6 is 24.4 Å². The highest BCUT2D eigenvalue weighted by Crippen LogP contribution is 2.49. The van der Waals surface area contributed by atoms with Crippen molar-refractivity contribution in [1.82, 2.24) is 40.2 Å². The molecule has 4 atom stereocenters. The Hall–Kier alpha value is -14.8. The fraction of sp³-hybridized carbons (Fsp3) is 0.250. The molecule has 0 bridgehead atoms. The summed E-state index contributed by atoms with van der Waals surface area (Å²) >= 11 is 11.0. The Morgan fingerprint density at radius 1 is 0.508 bits per heavy atom. The van der Waals surface area contributed by atoms with Crippen LogP contribution in [-0.2, 0) is 45.6 Å². The maximum atomic E-state index is 15.5. The van der Waals surface area contributed by atoms with E-state index in [0.29, 0.717) is 81.9 Å². The number of nitriles is 2. The second-order valence-electron chi connectivity index (χ2n) is 31.4. The van der Waals surface area contributed by atoms with Gasteiger partial charge in [0.15, 0.2) is 21.8 Å². The normalized spacial score (nSPS) is 17.7. The maximum absolute atomic E-state index is 15.5. The molecule has 2 unspecified atom stereocenters. The zero-order chi connectivity index (χ0) is 91.7. The SMILES string of the molecule is Cn1ncnc1C1C2=NCC(=O)c3cc(F)cc(c32)N[C@@H]1c1ccc(NC(=O)CCCCNC(=O)c2ccc(N3C(=S)N(c4ccc(C#N)c(C(F)(F)F)c4)C(=O)C3(C)C)cc2F)cc1.Cn1ncnc1C1C2=NCC(=O)c3cc(F)cc(c32)N[C@@H]1c1ccc(NC(=O)CCNC(=O)c2ccc(N3C(=S)N(c4ccc(C#N)c(C(F)(F)F)c4)C(=O)C3(C)C)cc2F)cc1. The molecule has 0 aliphatic carbocycles. The summed E-state index contributed by atoms with van der Waals surface area (Å²) in [5.41, 5.74) is -1.73. The number of anilines is 8. The number of nitrogens with one attached hydrogen (secondary N) is 6. The third-order valence-electron chi connectivity index (χ3n) is 22.5. The minimum absolute atomic E-state index is 0.0421. The summed E-state index contributed by atoms with van der Waals surface area (Å²) in [6.07, 6.45) is -6.25. The lowest BCUT2D eigenvalue weighted by Gasteiger charge is -2.37. The minimum Gasteiger partial charge on any atom is -0.376 e. The van der Waals surface area contributed by atoms with Gasteiger partial charge in [-0.25, -0.2) is 27.5 Å². The molecule has 8 aromatic carbocycles. The number of benzene rings is 8. The van der Waals surface area contributed by atoms with Crippen molar-refractivity contribution >= 4 is 139 Å². The number of unbranched alkanes of at least 4 members (excludes halogenated alkanes) is 1. The first kappa shape index (κ1) is 88.1. The number of alkyl halides is 6. The molecule has 0 radical (unpaired) electrons.